The van der Waals surface area contributed by atoms with Crippen molar-refractivity contribution in [3.05, 3.63) is 85.8 Å². The minimum atomic E-state index is -0.446. The maximum Gasteiger partial charge on any atom is 0.257 e. The van der Waals surface area contributed by atoms with Gasteiger partial charge in [-0.2, -0.15) is 0 Å². The highest BCUT2D eigenvalue weighted by atomic mass is 35.5. The quantitative estimate of drug-likeness (QED) is 0.418. The Kier molecular flexibility index (Phi) is 7.10. The number of ether oxygens (including phenoxy) is 1. The number of halogens is 4. The Morgan fingerprint density at radius 3 is 2.10 bits per heavy atom. The maximum atomic E-state index is 12.6. The van der Waals surface area contributed by atoms with Crippen molar-refractivity contribution in [2.24, 2.45) is 0 Å². The lowest BCUT2D eigenvalue weighted by Crippen LogP contribution is -2.15. The van der Waals surface area contributed by atoms with E-state index in [-0.39, 0.29) is 10.6 Å². The van der Waals surface area contributed by atoms with Gasteiger partial charge in [0.05, 0.1) is 34.1 Å². The Balaban J connectivity index is 1.81. The van der Waals surface area contributed by atoms with Gasteiger partial charge < -0.3 is 15.4 Å². The van der Waals surface area contributed by atoms with Crippen LogP contribution in [0, 0.1) is 0 Å². The van der Waals surface area contributed by atoms with Crippen molar-refractivity contribution >= 4 is 69.6 Å². The average Bonchev–Trinajstić information content (AvgIpc) is 2.70. The topological polar surface area (TPSA) is 67.4 Å². The van der Waals surface area contributed by atoms with Crippen molar-refractivity contribution in [1.29, 1.82) is 0 Å². The number of hydrogen-bond donors (Lipinski definition) is 2. The third kappa shape index (κ3) is 5.18. The van der Waals surface area contributed by atoms with E-state index in [0.717, 1.165) is 0 Å². The van der Waals surface area contributed by atoms with E-state index < -0.39 is 11.8 Å². The summed E-state index contributed by atoms with van der Waals surface area (Å²) in [6.45, 7) is 0. The molecular formula is C21H14Cl4N2O3. The highest BCUT2D eigenvalue weighted by molar-refractivity contribution is 6.37. The summed E-state index contributed by atoms with van der Waals surface area (Å²) in [7, 11) is 1.43. The zero-order chi connectivity index (χ0) is 21.8. The smallest absolute Gasteiger partial charge is 0.257 e. The van der Waals surface area contributed by atoms with Crippen molar-refractivity contribution in [3.63, 3.8) is 0 Å². The predicted molar refractivity (Wildman–Crippen MR) is 122 cm³/mol. The van der Waals surface area contributed by atoms with Crippen molar-refractivity contribution < 1.29 is 14.3 Å². The Hall–Kier alpha value is -2.44. The lowest BCUT2D eigenvalue weighted by Gasteiger charge is -2.13. The summed E-state index contributed by atoms with van der Waals surface area (Å²) in [6, 6.07) is 13.9. The molecule has 154 valence electrons. The average molecular weight is 484 g/mol. The SMILES string of the molecule is COc1cc(C(=O)Nc2cc(Cl)ccc2Cl)ccc1NC(=O)c1ccc(Cl)cc1Cl. The molecule has 0 aliphatic rings. The third-order valence-corrected chi connectivity index (χ3v) is 5.18. The molecule has 2 amide bonds. The Morgan fingerprint density at radius 2 is 1.40 bits per heavy atom. The van der Waals surface area contributed by atoms with Crippen LogP contribution in [-0.4, -0.2) is 18.9 Å². The minimum absolute atomic E-state index is 0.216. The van der Waals surface area contributed by atoms with Crippen LogP contribution in [0.3, 0.4) is 0 Å². The largest absolute Gasteiger partial charge is 0.495 e. The van der Waals surface area contributed by atoms with Crippen LogP contribution in [-0.2, 0) is 0 Å². The number of carbonyl (C=O) groups is 2. The first-order chi connectivity index (χ1) is 14.3. The van der Waals surface area contributed by atoms with Crippen molar-refractivity contribution in [1.82, 2.24) is 0 Å². The van der Waals surface area contributed by atoms with Crippen LogP contribution < -0.4 is 15.4 Å². The van der Waals surface area contributed by atoms with Gasteiger partial charge in [-0.05, 0) is 54.6 Å². The Morgan fingerprint density at radius 1 is 0.733 bits per heavy atom. The fourth-order valence-electron chi connectivity index (χ4n) is 2.59. The van der Waals surface area contributed by atoms with E-state index in [0.29, 0.717) is 37.8 Å². The molecule has 3 aromatic carbocycles. The minimum Gasteiger partial charge on any atom is -0.495 e. The van der Waals surface area contributed by atoms with Gasteiger partial charge in [-0.25, -0.2) is 0 Å². The number of methoxy groups -OCH3 is 1. The molecule has 30 heavy (non-hydrogen) atoms. The third-order valence-electron chi connectivity index (χ3n) is 4.06. The van der Waals surface area contributed by atoms with E-state index in [1.165, 1.54) is 31.4 Å². The van der Waals surface area contributed by atoms with Gasteiger partial charge in [-0.3, -0.25) is 9.59 Å². The second kappa shape index (κ2) is 9.58. The van der Waals surface area contributed by atoms with Gasteiger partial charge in [-0.15, -0.1) is 0 Å². The van der Waals surface area contributed by atoms with Crippen LogP contribution >= 0.6 is 46.4 Å². The molecule has 2 N–H and O–H groups in total. The van der Waals surface area contributed by atoms with Crippen LogP contribution in [0.2, 0.25) is 20.1 Å². The van der Waals surface area contributed by atoms with Crippen molar-refractivity contribution in [3.8, 4) is 5.75 Å². The van der Waals surface area contributed by atoms with Crippen LogP contribution in [0.15, 0.2) is 54.6 Å². The van der Waals surface area contributed by atoms with Gasteiger partial charge in [-0.1, -0.05) is 46.4 Å². The molecule has 0 radical (unpaired) electrons. The van der Waals surface area contributed by atoms with Crippen LogP contribution in [0.4, 0.5) is 11.4 Å². The van der Waals surface area contributed by atoms with Crippen molar-refractivity contribution in [2.75, 3.05) is 17.7 Å². The van der Waals surface area contributed by atoms with E-state index >= 15 is 0 Å². The summed E-state index contributed by atoms with van der Waals surface area (Å²) in [5.41, 5.74) is 1.29. The van der Waals surface area contributed by atoms with E-state index in [4.69, 9.17) is 51.1 Å². The van der Waals surface area contributed by atoms with E-state index in [9.17, 15) is 9.59 Å². The fraction of sp³-hybridized carbons (Fsp3) is 0.0476. The molecular weight excluding hydrogens is 470 g/mol. The maximum absolute atomic E-state index is 12.6. The fourth-order valence-corrected chi connectivity index (χ4v) is 3.42. The van der Waals surface area contributed by atoms with E-state index in [2.05, 4.69) is 10.6 Å². The molecule has 0 bridgehead atoms. The molecule has 3 aromatic rings. The first-order valence-corrected chi connectivity index (χ1v) is 10.0. The summed E-state index contributed by atoms with van der Waals surface area (Å²) in [4.78, 5) is 25.1. The molecule has 0 aromatic heterocycles. The number of rotatable bonds is 5. The first-order valence-electron chi connectivity index (χ1n) is 8.49. The molecule has 0 spiro atoms. The second-order valence-electron chi connectivity index (χ2n) is 6.07. The van der Waals surface area contributed by atoms with E-state index in [1.54, 1.807) is 30.3 Å². The number of nitrogens with one attached hydrogen (secondary N) is 2. The van der Waals surface area contributed by atoms with Gasteiger partial charge in [0.2, 0.25) is 0 Å². The monoisotopic (exact) mass is 482 g/mol. The summed E-state index contributed by atoms with van der Waals surface area (Å²) >= 11 is 24.0. The summed E-state index contributed by atoms with van der Waals surface area (Å²) < 4.78 is 5.32. The summed E-state index contributed by atoms with van der Waals surface area (Å²) in [5.74, 6) is -0.577. The Bertz CT molecular complexity index is 1140. The molecule has 0 atom stereocenters. The van der Waals surface area contributed by atoms with Gasteiger partial charge >= 0.3 is 0 Å². The van der Waals surface area contributed by atoms with Gasteiger partial charge in [0.15, 0.2) is 0 Å². The van der Waals surface area contributed by atoms with Crippen LogP contribution in [0.1, 0.15) is 20.7 Å². The highest BCUT2D eigenvalue weighted by Crippen LogP contribution is 2.30. The van der Waals surface area contributed by atoms with Crippen LogP contribution in [0.5, 0.6) is 5.75 Å². The molecule has 5 nitrogen and oxygen atoms in total. The molecule has 0 heterocycles. The molecule has 3 rings (SSSR count). The summed E-state index contributed by atoms with van der Waals surface area (Å²) in [6.07, 6.45) is 0. The zero-order valence-electron chi connectivity index (χ0n) is 15.4. The number of anilines is 2. The zero-order valence-corrected chi connectivity index (χ0v) is 18.5. The molecule has 0 aliphatic heterocycles. The first kappa shape index (κ1) is 22.2. The lowest BCUT2D eigenvalue weighted by atomic mass is 10.1. The number of carbonyl (C=O) groups excluding carboxylic acids is 2. The molecule has 0 saturated heterocycles. The van der Waals surface area contributed by atoms with Gasteiger partial charge in [0.25, 0.3) is 11.8 Å². The van der Waals surface area contributed by atoms with Gasteiger partial charge in [0, 0.05) is 15.6 Å². The number of amides is 2. The summed E-state index contributed by atoms with van der Waals surface area (Å²) in [5, 5.41) is 6.82. The number of benzene rings is 3. The van der Waals surface area contributed by atoms with Gasteiger partial charge in [0.1, 0.15) is 5.75 Å². The molecule has 0 aliphatic carbocycles. The van der Waals surface area contributed by atoms with Crippen molar-refractivity contribution in [2.45, 2.75) is 0 Å². The number of hydrogen-bond acceptors (Lipinski definition) is 3. The Labute approximate surface area is 192 Å². The van der Waals surface area contributed by atoms with Crippen LogP contribution in [0.25, 0.3) is 0 Å². The molecule has 0 fully saturated rings. The molecule has 0 unspecified atom stereocenters. The standard InChI is InChI=1S/C21H14Cl4N2O3/c1-30-19-8-11(20(28)27-18-10-13(23)4-6-15(18)24)2-7-17(19)26-21(29)14-5-3-12(22)9-16(14)25/h2-10H,1H3,(H,26,29)(H,27,28). The predicted octanol–water partition coefficient (Wildman–Crippen LogP) is 6.81. The normalized spacial score (nSPS) is 10.4. The lowest BCUT2D eigenvalue weighted by molar-refractivity contribution is 0.102. The highest BCUT2D eigenvalue weighted by Gasteiger charge is 2.16. The molecule has 9 heteroatoms. The molecule has 0 saturated carbocycles. The van der Waals surface area contributed by atoms with E-state index in [1.807, 2.05) is 0 Å². The second-order valence-corrected chi connectivity index (χ2v) is 7.76.